The number of halogens is 4. The number of anilines is 1. The molecule has 1 unspecified atom stereocenters. The van der Waals surface area contributed by atoms with E-state index in [1.807, 2.05) is 0 Å². The lowest BCUT2D eigenvalue weighted by atomic mass is 10.2. The molecule has 1 amide bonds. The van der Waals surface area contributed by atoms with Crippen molar-refractivity contribution in [2.24, 2.45) is 5.73 Å². The zero-order chi connectivity index (χ0) is 12.3. The average Bonchev–Trinajstić information content (AvgIpc) is 2.12. The molecule has 0 spiro atoms. The van der Waals surface area contributed by atoms with Crippen LogP contribution in [0.2, 0.25) is 0 Å². The van der Waals surface area contributed by atoms with E-state index in [9.17, 15) is 18.0 Å². The van der Waals surface area contributed by atoms with Crippen molar-refractivity contribution in [1.29, 1.82) is 0 Å². The zero-order valence-electron chi connectivity index (χ0n) is 8.97. The van der Waals surface area contributed by atoms with Crippen LogP contribution in [-0.2, 0) is 4.79 Å². The van der Waals surface area contributed by atoms with Crippen LogP contribution in [0.4, 0.5) is 18.9 Å². The van der Waals surface area contributed by atoms with Gasteiger partial charge in [-0.1, -0.05) is 0 Å². The van der Waals surface area contributed by atoms with Crippen LogP contribution < -0.4 is 11.1 Å². The number of benzene rings is 1. The molecule has 0 saturated carbocycles. The Morgan fingerprint density at radius 2 is 1.82 bits per heavy atom. The summed E-state index contributed by atoms with van der Waals surface area (Å²) in [5.41, 5.74) is 5.22. The summed E-state index contributed by atoms with van der Waals surface area (Å²) >= 11 is 0. The molecule has 0 radical (unpaired) electrons. The molecule has 0 aliphatic rings. The molecule has 0 aliphatic heterocycles. The number of hydrogen-bond acceptors (Lipinski definition) is 2. The maximum atomic E-state index is 12.8. The molecule has 1 rings (SSSR count). The van der Waals surface area contributed by atoms with E-state index in [0.717, 1.165) is 0 Å². The Labute approximate surface area is 103 Å². The largest absolute Gasteiger partial charge is 0.327 e. The van der Waals surface area contributed by atoms with E-state index in [-0.39, 0.29) is 30.6 Å². The smallest absolute Gasteiger partial charge is 0.225 e. The predicted molar refractivity (Wildman–Crippen MR) is 60.5 cm³/mol. The molecule has 0 saturated heterocycles. The molecular formula is C10H12ClF3N2O. The highest BCUT2D eigenvalue weighted by Gasteiger charge is 2.12. The van der Waals surface area contributed by atoms with Gasteiger partial charge in [-0.05, 0) is 6.92 Å². The first-order chi connectivity index (χ1) is 7.40. The average molecular weight is 269 g/mol. The summed E-state index contributed by atoms with van der Waals surface area (Å²) in [6.07, 6.45) is 0.0145. The van der Waals surface area contributed by atoms with E-state index in [2.05, 4.69) is 5.32 Å². The summed E-state index contributed by atoms with van der Waals surface area (Å²) in [4.78, 5) is 11.2. The van der Waals surface area contributed by atoms with E-state index in [4.69, 9.17) is 5.73 Å². The van der Waals surface area contributed by atoms with Crippen molar-refractivity contribution in [2.45, 2.75) is 19.4 Å². The standard InChI is InChI=1S/C10H11F3N2O.ClH/c1-5(14)2-9(16)15-6-3-7(11)10(13)8(12)4-6;/h3-5H,2,14H2,1H3,(H,15,16);1H. The number of carbonyl (C=O) groups is 1. The Morgan fingerprint density at radius 1 is 1.35 bits per heavy atom. The van der Waals surface area contributed by atoms with Crippen molar-refractivity contribution < 1.29 is 18.0 Å². The molecule has 1 atom stereocenters. The highest BCUT2D eigenvalue weighted by Crippen LogP contribution is 2.17. The first-order valence-corrected chi connectivity index (χ1v) is 4.60. The van der Waals surface area contributed by atoms with Gasteiger partial charge in [-0.25, -0.2) is 13.2 Å². The quantitative estimate of drug-likeness (QED) is 0.826. The maximum absolute atomic E-state index is 12.8. The number of carbonyl (C=O) groups excluding carboxylic acids is 1. The Kier molecular flexibility index (Phi) is 5.98. The lowest BCUT2D eigenvalue weighted by Crippen LogP contribution is -2.24. The van der Waals surface area contributed by atoms with Gasteiger partial charge >= 0.3 is 0 Å². The number of amides is 1. The van der Waals surface area contributed by atoms with Gasteiger partial charge in [0.1, 0.15) is 0 Å². The molecular weight excluding hydrogens is 257 g/mol. The fourth-order valence-electron chi connectivity index (χ4n) is 1.13. The van der Waals surface area contributed by atoms with Crippen LogP contribution in [0.3, 0.4) is 0 Å². The van der Waals surface area contributed by atoms with Crippen molar-refractivity contribution in [2.75, 3.05) is 5.32 Å². The lowest BCUT2D eigenvalue weighted by molar-refractivity contribution is -0.116. The topological polar surface area (TPSA) is 55.1 Å². The number of nitrogens with one attached hydrogen (secondary N) is 1. The predicted octanol–water partition coefficient (Wildman–Crippen LogP) is 2.20. The fourth-order valence-corrected chi connectivity index (χ4v) is 1.13. The van der Waals surface area contributed by atoms with Gasteiger partial charge < -0.3 is 11.1 Å². The SMILES string of the molecule is CC(N)CC(=O)Nc1cc(F)c(F)c(F)c1.Cl. The Bertz CT molecular complexity index is 390. The molecule has 0 fully saturated rings. The van der Waals surface area contributed by atoms with E-state index in [0.29, 0.717) is 12.1 Å². The monoisotopic (exact) mass is 268 g/mol. The molecule has 1 aromatic rings. The minimum Gasteiger partial charge on any atom is -0.327 e. The first-order valence-electron chi connectivity index (χ1n) is 4.60. The summed E-state index contributed by atoms with van der Waals surface area (Å²) in [6, 6.07) is 1.05. The van der Waals surface area contributed by atoms with Gasteiger partial charge in [0.2, 0.25) is 5.91 Å². The van der Waals surface area contributed by atoms with Crippen LogP contribution in [0.1, 0.15) is 13.3 Å². The van der Waals surface area contributed by atoms with Crippen LogP contribution in [0.25, 0.3) is 0 Å². The van der Waals surface area contributed by atoms with Gasteiger partial charge in [0.15, 0.2) is 17.5 Å². The number of nitrogens with two attached hydrogens (primary N) is 1. The molecule has 0 aromatic heterocycles. The molecule has 0 bridgehead atoms. The molecule has 1 aromatic carbocycles. The summed E-state index contributed by atoms with van der Waals surface area (Å²) in [5.74, 6) is -4.75. The van der Waals surface area contributed by atoms with Gasteiger partial charge in [-0.15, -0.1) is 12.4 Å². The number of rotatable bonds is 3. The van der Waals surface area contributed by atoms with E-state index in [1.165, 1.54) is 0 Å². The Morgan fingerprint density at radius 3 is 2.24 bits per heavy atom. The van der Waals surface area contributed by atoms with Crippen molar-refractivity contribution in [3.05, 3.63) is 29.6 Å². The molecule has 7 heteroatoms. The third-order valence-electron chi connectivity index (χ3n) is 1.77. The molecule has 3 nitrogen and oxygen atoms in total. The maximum Gasteiger partial charge on any atom is 0.225 e. The fraction of sp³-hybridized carbons (Fsp3) is 0.300. The molecule has 17 heavy (non-hydrogen) atoms. The molecule has 0 heterocycles. The second kappa shape index (κ2) is 6.46. The Hall–Kier alpha value is -1.27. The third kappa shape index (κ3) is 4.62. The van der Waals surface area contributed by atoms with Crippen molar-refractivity contribution >= 4 is 24.0 Å². The van der Waals surface area contributed by atoms with E-state index >= 15 is 0 Å². The summed E-state index contributed by atoms with van der Waals surface area (Å²) in [7, 11) is 0. The molecule has 96 valence electrons. The lowest BCUT2D eigenvalue weighted by Gasteiger charge is -2.07. The van der Waals surface area contributed by atoms with E-state index in [1.54, 1.807) is 6.92 Å². The van der Waals surface area contributed by atoms with E-state index < -0.39 is 23.4 Å². The van der Waals surface area contributed by atoms with Crippen LogP contribution >= 0.6 is 12.4 Å². The second-order valence-corrected chi connectivity index (χ2v) is 3.48. The van der Waals surface area contributed by atoms with Crippen molar-refractivity contribution in [3.63, 3.8) is 0 Å². The second-order valence-electron chi connectivity index (χ2n) is 3.48. The highest BCUT2D eigenvalue weighted by atomic mass is 35.5. The Balaban J connectivity index is 0.00000256. The first kappa shape index (κ1) is 15.7. The minimum absolute atomic E-state index is 0. The van der Waals surface area contributed by atoms with Gasteiger partial charge in [0, 0.05) is 30.3 Å². The summed E-state index contributed by atoms with van der Waals surface area (Å²) in [6.45, 7) is 1.62. The van der Waals surface area contributed by atoms with Crippen molar-refractivity contribution in [3.8, 4) is 0 Å². The van der Waals surface area contributed by atoms with Crippen LogP contribution in [0, 0.1) is 17.5 Å². The van der Waals surface area contributed by atoms with Crippen LogP contribution in [0.5, 0.6) is 0 Å². The summed E-state index contributed by atoms with van der Waals surface area (Å²) < 4.78 is 38.1. The normalized spacial score (nSPS) is 11.6. The van der Waals surface area contributed by atoms with Crippen LogP contribution in [0.15, 0.2) is 12.1 Å². The van der Waals surface area contributed by atoms with Crippen molar-refractivity contribution in [1.82, 2.24) is 0 Å². The minimum atomic E-state index is -1.56. The molecule has 0 aliphatic carbocycles. The van der Waals surface area contributed by atoms with Gasteiger partial charge in [-0.2, -0.15) is 0 Å². The third-order valence-corrected chi connectivity index (χ3v) is 1.77. The molecule has 3 N–H and O–H groups in total. The number of hydrogen-bond donors (Lipinski definition) is 2. The van der Waals surface area contributed by atoms with Crippen LogP contribution in [-0.4, -0.2) is 11.9 Å². The summed E-state index contributed by atoms with van der Waals surface area (Å²) in [5, 5.41) is 2.22. The van der Waals surface area contributed by atoms with Gasteiger partial charge in [0.25, 0.3) is 0 Å². The van der Waals surface area contributed by atoms with Gasteiger partial charge in [0.05, 0.1) is 0 Å². The highest BCUT2D eigenvalue weighted by molar-refractivity contribution is 5.91. The zero-order valence-corrected chi connectivity index (χ0v) is 9.78. The van der Waals surface area contributed by atoms with Gasteiger partial charge in [-0.3, -0.25) is 4.79 Å².